The molecule has 0 unspecified atom stereocenters. The normalized spacial score (nSPS) is 10.3. The second-order valence-corrected chi connectivity index (χ2v) is 5.90. The molecule has 114 valence electrons. The van der Waals surface area contributed by atoms with Gasteiger partial charge in [0.15, 0.2) is 0 Å². The van der Waals surface area contributed by atoms with E-state index >= 15 is 0 Å². The molecule has 0 heterocycles. The standard InChI is InChI=1S/C16H16N2O3S/c1-3-22-15-10-5-4-8-13(15)17-16(19)12-7-6-9-14(11(12)2)18(20)21/h4-10H,3H2,1-2H3,(H,17,19). The summed E-state index contributed by atoms with van der Waals surface area (Å²) >= 11 is 1.63. The maximum absolute atomic E-state index is 12.4. The number of thioether (sulfide) groups is 1. The number of nitrogens with one attached hydrogen (secondary N) is 1. The summed E-state index contributed by atoms with van der Waals surface area (Å²) in [6.07, 6.45) is 0. The SMILES string of the molecule is CCSc1ccccc1NC(=O)c1cccc([N+](=O)[O-])c1C. The lowest BCUT2D eigenvalue weighted by atomic mass is 10.1. The van der Waals surface area contributed by atoms with Crippen LogP contribution in [-0.2, 0) is 0 Å². The summed E-state index contributed by atoms with van der Waals surface area (Å²) in [7, 11) is 0. The fourth-order valence-electron chi connectivity index (χ4n) is 2.11. The third-order valence-electron chi connectivity index (χ3n) is 3.18. The van der Waals surface area contributed by atoms with Crippen molar-refractivity contribution in [2.75, 3.05) is 11.1 Å². The van der Waals surface area contributed by atoms with Gasteiger partial charge in [-0.3, -0.25) is 14.9 Å². The van der Waals surface area contributed by atoms with Crippen LogP contribution in [0, 0.1) is 17.0 Å². The van der Waals surface area contributed by atoms with Gasteiger partial charge in [-0.15, -0.1) is 11.8 Å². The van der Waals surface area contributed by atoms with Gasteiger partial charge in [-0.05, 0) is 30.9 Å². The Balaban J connectivity index is 2.31. The lowest BCUT2D eigenvalue weighted by Gasteiger charge is -2.11. The highest BCUT2D eigenvalue weighted by Gasteiger charge is 2.18. The number of hydrogen-bond donors (Lipinski definition) is 1. The molecule has 0 saturated heterocycles. The van der Waals surface area contributed by atoms with Gasteiger partial charge in [-0.1, -0.05) is 25.1 Å². The van der Waals surface area contributed by atoms with Crippen LogP contribution in [0.25, 0.3) is 0 Å². The Morgan fingerprint density at radius 2 is 1.95 bits per heavy atom. The summed E-state index contributed by atoms with van der Waals surface area (Å²) in [5, 5.41) is 13.8. The third kappa shape index (κ3) is 3.46. The molecule has 0 saturated carbocycles. The largest absolute Gasteiger partial charge is 0.321 e. The lowest BCUT2D eigenvalue weighted by molar-refractivity contribution is -0.385. The van der Waals surface area contributed by atoms with Crippen molar-refractivity contribution < 1.29 is 9.72 Å². The van der Waals surface area contributed by atoms with E-state index < -0.39 is 4.92 Å². The first-order valence-electron chi connectivity index (χ1n) is 6.81. The fourth-order valence-corrected chi connectivity index (χ4v) is 2.87. The molecule has 2 rings (SSSR count). The van der Waals surface area contributed by atoms with Gasteiger partial charge in [0, 0.05) is 22.1 Å². The number of carbonyl (C=O) groups excluding carboxylic acids is 1. The molecule has 0 aliphatic carbocycles. The number of carbonyl (C=O) groups is 1. The Bertz CT molecular complexity index is 716. The summed E-state index contributed by atoms with van der Waals surface area (Å²) in [6, 6.07) is 12.0. The molecule has 2 aromatic rings. The highest BCUT2D eigenvalue weighted by atomic mass is 32.2. The number of rotatable bonds is 5. The summed E-state index contributed by atoms with van der Waals surface area (Å²) in [5.74, 6) is 0.549. The molecule has 6 heteroatoms. The lowest BCUT2D eigenvalue weighted by Crippen LogP contribution is -2.14. The van der Waals surface area contributed by atoms with Gasteiger partial charge in [0.25, 0.3) is 11.6 Å². The maximum atomic E-state index is 12.4. The summed E-state index contributed by atoms with van der Waals surface area (Å²) in [6.45, 7) is 3.62. The van der Waals surface area contributed by atoms with Crippen molar-refractivity contribution in [1.82, 2.24) is 0 Å². The Hall–Kier alpha value is -2.34. The van der Waals surface area contributed by atoms with E-state index in [-0.39, 0.29) is 11.6 Å². The number of hydrogen-bond acceptors (Lipinski definition) is 4. The van der Waals surface area contributed by atoms with Crippen molar-refractivity contribution in [2.24, 2.45) is 0 Å². The monoisotopic (exact) mass is 316 g/mol. The van der Waals surface area contributed by atoms with Crippen molar-refractivity contribution in [1.29, 1.82) is 0 Å². The van der Waals surface area contributed by atoms with Gasteiger partial charge in [0.05, 0.1) is 10.6 Å². The van der Waals surface area contributed by atoms with E-state index in [1.807, 2.05) is 31.2 Å². The Morgan fingerprint density at radius 3 is 2.64 bits per heavy atom. The number of para-hydroxylation sites is 1. The van der Waals surface area contributed by atoms with Gasteiger partial charge < -0.3 is 5.32 Å². The van der Waals surface area contributed by atoms with Crippen LogP contribution in [-0.4, -0.2) is 16.6 Å². The van der Waals surface area contributed by atoms with Crippen LogP contribution in [0.15, 0.2) is 47.4 Å². The molecule has 0 fully saturated rings. The summed E-state index contributed by atoms with van der Waals surface area (Å²) in [4.78, 5) is 23.9. The van der Waals surface area contributed by atoms with Crippen LogP contribution < -0.4 is 5.32 Å². The van der Waals surface area contributed by atoms with Crippen molar-refractivity contribution in [3.63, 3.8) is 0 Å². The molecular formula is C16H16N2O3S. The molecule has 0 aliphatic rings. The van der Waals surface area contributed by atoms with Crippen molar-refractivity contribution >= 4 is 29.0 Å². The van der Waals surface area contributed by atoms with E-state index in [0.717, 1.165) is 10.6 Å². The van der Waals surface area contributed by atoms with Gasteiger partial charge in [-0.25, -0.2) is 0 Å². The van der Waals surface area contributed by atoms with Gasteiger partial charge in [0.1, 0.15) is 0 Å². The average Bonchev–Trinajstić information content (AvgIpc) is 2.49. The van der Waals surface area contributed by atoms with E-state index in [1.54, 1.807) is 24.8 Å². The Morgan fingerprint density at radius 1 is 1.23 bits per heavy atom. The second-order valence-electron chi connectivity index (χ2n) is 4.59. The first kappa shape index (κ1) is 16.0. The van der Waals surface area contributed by atoms with Crippen LogP contribution in [0.3, 0.4) is 0 Å². The number of amides is 1. The molecule has 5 nitrogen and oxygen atoms in total. The quantitative estimate of drug-likeness (QED) is 0.508. The number of nitro benzene ring substituents is 1. The Kier molecular flexibility index (Phi) is 5.16. The minimum absolute atomic E-state index is 0.0520. The van der Waals surface area contributed by atoms with Crippen LogP contribution in [0.2, 0.25) is 0 Å². The average molecular weight is 316 g/mol. The molecule has 0 bridgehead atoms. The first-order valence-corrected chi connectivity index (χ1v) is 7.80. The fraction of sp³-hybridized carbons (Fsp3) is 0.188. The minimum atomic E-state index is -0.479. The molecule has 2 aromatic carbocycles. The smallest absolute Gasteiger partial charge is 0.273 e. The zero-order chi connectivity index (χ0) is 16.1. The molecule has 22 heavy (non-hydrogen) atoms. The zero-order valence-corrected chi connectivity index (χ0v) is 13.1. The number of nitro groups is 1. The van der Waals surface area contributed by atoms with Crippen molar-refractivity contribution in [3.8, 4) is 0 Å². The van der Waals surface area contributed by atoms with Crippen LogP contribution >= 0.6 is 11.8 Å². The number of anilines is 1. The molecule has 0 aliphatic heterocycles. The van der Waals surface area contributed by atoms with E-state index in [2.05, 4.69) is 5.32 Å². The molecule has 1 amide bonds. The molecule has 0 atom stereocenters. The first-order chi connectivity index (χ1) is 10.5. The molecule has 0 radical (unpaired) electrons. The highest BCUT2D eigenvalue weighted by Crippen LogP contribution is 2.28. The van der Waals surface area contributed by atoms with Crippen LogP contribution in [0.1, 0.15) is 22.8 Å². The summed E-state index contributed by atoms with van der Waals surface area (Å²) in [5.41, 5.74) is 1.34. The highest BCUT2D eigenvalue weighted by molar-refractivity contribution is 7.99. The Labute approximate surface area is 132 Å². The second kappa shape index (κ2) is 7.09. The van der Waals surface area contributed by atoms with Crippen LogP contribution in [0.5, 0.6) is 0 Å². The predicted molar refractivity (Wildman–Crippen MR) is 88.6 cm³/mol. The molecule has 0 spiro atoms. The molecule has 1 N–H and O–H groups in total. The van der Waals surface area contributed by atoms with E-state index in [9.17, 15) is 14.9 Å². The molecular weight excluding hydrogens is 300 g/mol. The van der Waals surface area contributed by atoms with Gasteiger partial charge >= 0.3 is 0 Å². The van der Waals surface area contributed by atoms with E-state index in [0.29, 0.717) is 16.8 Å². The summed E-state index contributed by atoms with van der Waals surface area (Å²) < 4.78 is 0. The topological polar surface area (TPSA) is 72.2 Å². The number of nitrogens with zero attached hydrogens (tertiary/aromatic N) is 1. The number of benzene rings is 2. The van der Waals surface area contributed by atoms with Crippen molar-refractivity contribution in [2.45, 2.75) is 18.7 Å². The predicted octanol–water partition coefficient (Wildman–Crippen LogP) is 4.27. The van der Waals surface area contributed by atoms with Crippen LogP contribution in [0.4, 0.5) is 11.4 Å². The third-order valence-corrected chi connectivity index (χ3v) is 4.14. The molecule has 0 aromatic heterocycles. The zero-order valence-electron chi connectivity index (χ0n) is 12.3. The van der Waals surface area contributed by atoms with Gasteiger partial charge in [-0.2, -0.15) is 0 Å². The van der Waals surface area contributed by atoms with Crippen molar-refractivity contribution in [3.05, 3.63) is 63.7 Å². The minimum Gasteiger partial charge on any atom is -0.321 e. The van der Waals surface area contributed by atoms with Gasteiger partial charge in [0.2, 0.25) is 0 Å². The maximum Gasteiger partial charge on any atom is 0.273 e. The van der Waals surface area contributed by atoms with E-state index in [1.165, 1.54) is 12.1 Å². The van der Waals surface area contributed by atoms with E-state index in [4.69, 9.17) is 0 Å².